The van der Waals surface area contributed by atoms with Crippen LogP contribution in [0.25, 0.3) is 0 Å². The number of carbonyl (C=O) groups excluding carboxylic acids is 1. The number of benzene rings is 2. The molecule has 1 aliphatic heterocycles. The summed E-state index contributed by atoms with van der Waals surface area (Å²) in [6.07, 6.45) is 0.762. The molecule has 0 fully saturated rings. The van der Waals surface area contributed by atoms with Crippen molar-refractivity contribution in [1.29, 1.82) is 0 Å². The van der Waals surface area contributed by atoms with Crippen LogP contribution in [0.2, 0.25) is 5.02 Å². The van der Waals surface area contributed by atoms with Gasteiger partial charge in [-0.15, -0.1) is 0 Å². The normalized spacial score (nSPS) is 13.4. The van der Waals surface area contributed by atoms with Crippen LogP contribution in [0.1, 0.15) is 25.3 Å². The number of sulfonamides is 1. The first-order valence-corrected chi connectivity index (χ1v) is 11.8. The average molecular weight is 469 g/mol. The molecule has 0 aliphatic carbocycles. The molecular weight excluding hydrogens is 444 g/mol. The van der Waals surface area contributed by atoms with Crippen LogP contribution in [0.4, 0.5) is 0 Å². The van der Waals surface area contributed by atoms with Crippen LogP contribution in [0.3, 0.4) is 0 Å². The first-order valence-electron chi connectivity index (χ1n) is 9.96. The molecule has 0 unspecified atom stereocenters. The van der Waals surface area contributed by atoms with Gasteiger partial charge in [-0.3, -0.25) is 4.79 Å². The third-order valence-electron chi connectivity index (χ3n) is 4.44. The summed E-state index contributed by atoms with van der Waals surface area (Å²) in [6.45, 7) is 3.63. The summed E-state index contributed by atoms with van der Waals surface area (Å²) in [7, 11) is -3.71. The molecular formula is C21H25ClN2O6S. The molecule has 2 aromatic rings. The molecule has 31 heavy (non-hydrogen) atoms. The van der Waals surface area contributed by atoms with Gasteiger partial charge >= 0.3 is 0 Å². The predicted octanol–water partition coefficient (Wildman–Crippen LogP) is 2.88. The molecule has 0 saturated heterocycles. The molecule has 168 valence electrons. The maximum Gasteiger partial charge on any atom is 0.240 e. The smallest absolute Gasteiger partial charge is 0.240 e. The zero-order chi connectivity index (χ0) is 22.3. The van der Waals surface area contributed by atoms with E-state index in [0.717, 1.165) is 12.0 Å². The van der Waals surface area contributed by atoms with Crippen LogP contribution in [0.15, 0.2) is 41.3 Å². The van der Waals surface area contributed by atoms with E-state index in [1.807, 2.05) is 6.92 Å². The second kappa shape index (κ2) is 10.7. The maximum absolute atomic E-state index is 12.3. The van der Waals surface area contributed by atoms with Crippen molar-refractivity contribution in [3.63, 3.8) is 0 Å². The van der Waals surface area contributed by atoms with Crippen molar-refractivity contribution in [3.05, 3.63) is 47.0 Å². The summed E-state index contributed by atoms with van der Waals surface area (Å²) < 4.78 is 43.6. The van der Waals surface area contributed by atoms with E-state index in [9.17, 15) is 13.2 Å². The number of hydrogen-bond donors (Lipinski definition) is 2. The first kappa shape index (κ1) is 23.2. The van der Waals surface area contributed by atoms with Gasteiger partial charge in [0.05, 0.1) is 29.7 Å². The fraction of sp³-hybridized carbons (Fsp3) is 0.381. The summed E-state index contributed by atoms with van der Waals surface area (Å²) in [6, 6.07) is 9.59. The van der Waals surface area contributed by atoms with Crippen molar-refractivity contribution in [3.8, 4) is 17.2 Å². The van der Waals surface area contributed by atoms with E-state index in [1.165, 1.54) is 12.1 Å². The van der Waals surface area contributed by atoms with Crippen LogP contribution >= 0.6 is 11.6 Å². The summed E-state index contributed by atoms with van der Waals surface area (Å²) in [5.41, 5.74) is 0.762. The van der Waals surface area contributed by atoms with Gasteiger partial charge in [0.25, 0.3) is 0 Å². The number of carbonyl (C=O) groups is 1. The second-order valence-corrected chi connectivity index (χ2v) is 8.96. The monoisotopic (exact) mass is 468 g/mol. The van der Waals surface area contributed by atoms with Gasteiger partial charge in [-0.05, 0) is 48.9 Å². The van der Waals surface area contributed by atoms with E-state index in [1.54, 1.807) is 24.3 Å². The van der Waals surface area contributed by atoms with Crippen molar-refractivity contribution < 1.29 is 27.4 Å². The molecule has 1 aliphatic rings. The number of hydrogen-bond acceptors (Lipinski definition) is 6. The Balaban J connectivity index is 1.48. The van der Waals surface area contributed by atoms with Crippen LogP contribution in [-0.4, -0.2) is 40.7 Å². The van der Waals surface area contributed by atoms with E-state index in [4.69, 9.17) is 25.8 Å². The van der Waals surface area contributed by atoms with Gasteiger partial charge in [0, 0.05) is 25.9 Å². The lowest BCUT2D eigenvalue weighted by molar-refractivity contribution is -0.121. The van der Waals surface area contributed by atoms with Crippen molar-refractivity contribution >= 4 is 27.5 Å². The fourth-order valence-corrected chi connectivity index (χ4v) is 4.26. The van der Waals surface area contributed by atoms with Crippen molar-refractivity contribution in [2.45, 2.75) is 31.2 Å². The standard InChI is InChI=1S/C21H25ClN2O6S/c1-2-28-16-4-6-17(7-5-16)31(26,27)24-9-8-20(25)23-14-15-12-18(22)21-19(13-15)29-10-3-11-30-21/h4-7,12-13,24H,2-3,8-11,14H2,1H3,(H,23,25). The molecule has 1 amide bonds. The van der Waals surface area contributed by atoms with Gasteiger partial charge in [-0.2, -0.15) is 0 Å². The Morgan fingerprint density at radius 1 is 1.16 bits per heavy atom. The Kier molecular flexibility index (Phi) is 8.00. The Labute approximate surface area is 186 Å². The lowest BCUT2D eigenvalue weighted by Crippen LogP contribution is -2.30. The van der Waals surface area contributed by atoms with E-state index in [0.29, 0.717) is 42.1 Å². The predicted molar refractivity (Wildman–Crippen MR) is 116 cm³/mol. The molecule has 0 radical (unpaired) electrons. The molecule has 0 bridgehead atoms. The number of halogens is 1. The molecule has 0 spiro atoms. The van der Waals surface area contributed by atoms with Crippen molar-refractivity contribution in [2.75, 3.05) is 26.4 Å². The highest BCUT2D eigenvalue weighted by atomic mass is 35.5. The summed E-state index contributed by atoms with van der Waals surface area (Å²) in [4.78, 5) is 12.2. The number of nitrogens with one attached hydrogen (secondary N) is 2. The third-order valence-corrected chi connectivity index (χ3v) is 6.20. The van der Waals surface area contributed by atoms with Crippen LogP contribution in [-0.2, 0) is 21.4 Å². The Bertz CT molecular complexity index is 1010. The van der Waals surface area contributed by atoms with Gasteiger partial charge in [0.2, 0.25) is 15.9 Å². The van der Waals surface area contributed by atoms with E-state index in [2.05, 4.69) is 10.0 Å². The molecule has 10 heteroatoms. The average Bonchev–Trinajstić information content (AvgIpc) is 2.99. The van der Waals surface area contributed by atoms with Gasteiger partial charge < -0.3 is 19.5 Å². The van der Waals surface area contributed by atoms with Crippen LogP contribution in [0, 0.1) is 0 Å². The minimum absolute atomic E-state index is 0.00541. The van der Waals surface area contributed by atoms with Crippen molar-refractivity contribution in [1.82, 2.24) is 10.0 Å². The zero-order valence-electron chi connectivity index (χ0n) is 17.1. The van der Waals surface area contributed by atoms with Gasteiger partial charge in [0.15, 0.2) is 11.5 Å². The first-order chi connectivity index (χ1) is 14.9. The van der Waals surface area contributed by atoms with E-state index in [-0.39, 0.29) is 30.3 Å². The minimum Gasteiger partial charge on any atom is -0.494 e. The zero-order valence-corrected chi connectivity index (χ0v) is 18.7. The highest BCUT2D eigenvalue weighted by Crippen LogP contribution is 2.37. The van der Waals surface area contributed by atoms with Gasteiger partial charge in [0.1, 0.15) is 5.75 Å². The minimum atomic E-state index is -3.71. The quantitative estimate of drug-likeness (QED) is 0.586. The Morgan fingerprint density at radius 3 is 2.65 bits per heavy atom. The molecule has 0 saturated carbocycles. The molecule has 0 atom stereocenters. The number of fused-ring (bicyclic) bond motifs is 1. The highest BCUT2D eigenvalue weighted by Gasteiger charge is 2.17. The Hall–Kier alpha value is -2.49. The van der Waals surface area contributed by atoms with E-state index >= 15 is 0 Å². The van der Waals surface area contributed by atoms with Gasteiger partial charge in [-0.25, -0.2) is 13.1 Å². The second-order valence-electron chi connectivity index (χ2n) is 6.78. The Morgan fingerprint density at radius 2 is 1.90 bits per heavy atom. The number of ether oxygens (including phenoxy) is 3. The van der Waals surface area contributed by atoms with Crippen LogP contribution < -0.4 is 24.2 Å². The maximum atomic E-state index is 12.3. The van der Waals surface area contributed by atoms with E-state index < -0.39 is 10.0 Å². The molecule has 2 aromatic carbocycles. The lowest BCUT2D eigenvalue weighted by Gasteiger charge is -2.12. The molecule has 8 nitrogen and oxygen atoms in total. The molecule has 1 heterocycles. The lowest BCUT2D eigenvalue weighted by atomic mass is 10.2. The summed E-state index contributed by atoms with van der Waals surface area (Å²) in [5, 5.41) is 3.17. The topological polar surface area (TPSA) is 103 Å². The number of amides is 1. The molecule has 2 N–H and O–H groups in total. The van der Waals surface area contributed by atoms with Crippen molar-refractivity contribution in [2.24, 2.45) is 0 Å². The van der Waals surface area contributed by atoms with Gasteiger partial charge in [-0.1, -0.05) is 11.6 Å². The van der Waals surface area contributed by atoms with Crippen LogP contribution in [0.5, 0.6) is 17.2 Å². The number of rotatable bonds is 9. The largest absolute Gasteiger partial charge is 0.494 e. The summed E-state index contributed by atoms with van der Waals surface area (Å²) in [5.74, 6) is 1.36. The highest BCUT2D eigenvalue weighted by molar-refractivity contribution is 7.89. The third kappa shape index (κ3) is 6.49. The molecule has 3 rings (SSSR count). The summed E-state index contributed by atoms with van der Waals surface area (Å²) >= 11 is 6.25. The fourth-order valence-electron chi connectivity index (χ4n) is 2.94. The molecule has 0 aromatic heterocycles. The SMILES string of the molecule is CCOc1ccc(S(=O)(=O)NCCC(=O)NCc2cc(Cl)c3c(c2)OCCCO3)cc1.